The molecule has 0 saturated carbocycles. The maximum absolute atomic E-state index is 3.95. The second-order valence-electron chi connectivity index (χ2n) is 7.58. The summed E-state index contributed by atoms with van der Waals surface area (Å²) in [6.45, 7) is 4.41. The minimum atomic E-state index is -0.310. The van der Waals surface area contributed by atoms with Gasteiger partial charge in [-0.05, 0) is 68.7 Å². The molecule has 0 bridgehead atoms. The Balaban J connectivity index is 2.02. The molecule has 28 heavy (non-hydrogen) atoms. The van der Waals surface area contributed by atoms with E-state index in [-0.39, 0.29) is 5.41 Å². The maximum atomic E-state index is 3.95. The van der Waals surface area contributed by atoms with Gasteiger partial charge in [0, 0.05) is 10.0 Å². The number of hydrogen-bond donors (Lipinski definition) is 0. The summed E-state index contributed by atoms with van der Waals surface area (Å²) in [6, 6.07) is 33.1. The minimum absolute atomic E-state index is 0.310. The van der Waals surface area contributed by atoms with Crippen molar-refractivity contribution in [2.75, 3.05) is 0 Å². The number of hydrogen-bond acceptors (Lipinski definition) is 0. The summed E-state index contributed by atoms with van der Waals surface area (Å²) >= 11 is 3.95. The average molecular weight is 425 g/mol. The van der Waals surface area contributed by atoms with E-state index in [0.717, 1.165) is 0 Å². The van der Waals surface area contributed by atoms with Crippen LogP contribution in [-0.4, -0.2) is 0 Å². The van der Waals surface area contributed by atoms with E-state index in [4.69, 9.17) is 0 Å². The molecule has 0 aromatic heterocycles. The lowest BCUT2D eigenvalue weighted by atomic mass is 9.67. The Morgan fingerprint density at radius 3 is 1.79 bits per heavy atom. The quantitative estimate of drug-likeness (QED) is 0.276. The molecule has 0 atom stereocenters. The zero-order valence-corrected chi connectivity index (χ0v) is 17.6. The van der Waals surface area contributed by atoms with Crippen LogP contribution in [0.4, 0.5) is 0 Å². The van der Waals surface area contributed by atoms with Gasteiger partial charge in [-0.3, -0.25) is 0 Å². The molecule has 0 fully saturated rings. The van der Waals surface area contributed by atoms with Crippen molar-refractivity contribution in [2.45, 2.75) is 19.3 Å². The lowest BCUT2D eigenvalue weighted by molar-refractivity contribution is 0.767. The Labute approximate surface area is 175 Å². The third-order valence-corrected chi connectivity index (χ3v) is 7.18. The van der Waals surface area contributed by atoms with Gasteiger partial charge in [0.15, 0.2) is 0 Å². The van der Waals surface area contributed by atoms with Crippen LogP contribution in [0.3, 0.4) is 0 Å². The summed E-state index contributed by atoms with van der Waals surface area (Å²) in [7, 11) is 0. The van der Waals surface area contributed by atoms with Crippen LogP contribution in [0.5, 0.6) is 0 Å². The first-order valence-electron chi connectivity index (χ1n) is 9.67. The SMILES string of the molecule is Cc1cc2c(c(Br)c1C)-c1ccccc1C2(c1ccccc1)c1ccccc1. The van der Waals surface area contributed by atoms with Gasteiger partial charge in [0.25, 0.3) is 0 Å². The van der Waals surface area contributed by atoms with Crippen molar-refractivity contribution >= 4 is 15.9 Å². The van der Waals surface area contributed by atoms with E-state index in [1.807, 2.05) is 0 Å². The first-order valence-corrected chi connectivity index (χ1v) is 10.5. The molecule has 0 heterocycles. The van der Waals surface area contributed by atoms with Crippen molar-refractivity contribution in [3.8, 4) is 11.1 Å². The van der Waals surface area contributed by atoms with Crippen LogP contribution in [-0.2, 0) is 5.41 Å². The molecular weight excluding hydrogens is 404 g/mol. The Kier molecular flexibility index (Phi) is 4.03. The minimum Gasteiger partial charge on any atom is -0.0622 e. The molecule has 0 radical (unpaired) electrons. The topological polar surface area (TPSA) is 0 Å². The Hall–Kier alpha value is -2.64. The van der Waals surface area contributed by atoms with E-state index >= 15 is 0 Å². The average Bonchev–Trinajstić information content (AvgIpc) is 3.04. The van der Waals surface area contributed by atoms with Crippen molar-refractivity contribution < 1.29 is 0 Å². The largest absolute Gasteiger partial charge is 0.0714 e. The molecule has 4 aromatic rings. The van der Waals surface area contributed by atoms with Gasteiger partial charge >= 0.3 is 0 Å². The molecule has 0 aliphatic heterocycles. The summed E-state index contributed by atoms with van der Waals surface area (Å²) in [4.78, 5) is 0. The van der Waals surface area contributed by atoms with Crippen molar-refractivity contribution in [1.82, 2.24) is 0 Å². The molecule has 0 unspecified atom stereocenters. The van der Waals surface area contributed by atoms with Gasteiger partial charge in [0.2, 0.25) is 0 Å². The standard InChI is InChI=1S/C27H21Br/c1-18-17-24-25(26(28)19(18)2)22-15-9-10-16-23(22)27(24,20-11-5-3-6-12-20)21-13-7-4-8-14-21/h3-17H,1-2H3. The molecule has 0 amide bonds. The second-order valence-corrected chi connectivity index (χ2v) is 8.38. The molecule has 0 saturated heterocycles. The predicted octanol–water partition coefficient (Wildman–Crippen LogP) is 7.43. The van der Waals surface area contributed by atoms with Crippen LogP contribution in [0.2, 0.25) is 0 Å². The Morgan fingerprint density at radius 1 is 0.643 bits per heavy atom. The fraction of sp³-hybridized carbons (Fsp3) is 0.111. The van der Waals surface area contributed by atoms with Crippen LogP contribution in [0.1, 0.15) is 33.4 Å². The normalized spacial score (nSPS) is 13.8. The fourth-order valence-corrected chi connectivity index (χ4v) is 5.51. The van der Waals surface area contributed by atoms with Crippen molar-refractivity contribution in [3.63, 3.8) is 0 Å². The third kappa shape index (κ3) is 2.23. The molecule has 1 aliphatic carbocycles. The summed E-state index contributed by atoms with van der Waals surface area (Å²) in [6.07, 6.45) is 0. The molecule has 0 spiro atoms. The number of benzene rings is 4. The van der Waals surface area contributed by atoms with E-state index in [9.17, 15) is 0 Å². The van der Waals surface area contributed by atoms with Crippen LogP contribution in [0.25, 0.3) is 11.1 Å². The highest BCUT2D eigenvalue weighted by Gasteiger charge is 2.46. The Morgan fingerprint density at radius 2 is 1.18 bits per heavy atom. The lowest BCUT2D eigenvalue weighted by Gasteiger charge is -2.34. The number of halogens is 1. The third-order valence-electron chi connectivity index (χ3n) is 6.19. The molecular formula is C27H21Br. The summed E-state index contributed by atoms with van der Waals surface area (Å²) in [5.74, 6) is 0. The molecule has 1 aliphatic rings. The van der Waals surface area contributed by atoms with Gasteiger partial charge in [0.1, 0.15) is 0 Å². The summed E-state index contributed by atoms with van der Waals surface area (Å²) < 4.78 is 1.21. The maximum Gasteiger partial charge on any atom is 0.0714 e. The smallest absolute Gasteiger partial charge is 0.0622 e. The van der Waals surface area contributed by atoms with Crippen LogP contribution < -0.4 is 0 Å². The molecule has 136 valence electrons. The van der Waals surface area contributed by atoms with Crippen LogP contribution in [0, 0.1) is 13.8 Å². The van der Waals surface area contributed by atoms with E-state index < -0.39 is 0 Å². The zero-order valence-electron chi connectivity index (χ0n) is 16.0. The van der Waals surface area contributed by atoms with Gasteiger partial charge in [-0.25, -0.2) is 0 Å². The first-order chi connectivity index (χ1) is 13.7. The van der Waals surface area contributed by atoms with Gasteiger partial charge in [-0.1, -0.05) is 91.0 Å². The van der Waals surface area contributed by atoms with E-state index in [1.165, 1.54) is 49.0 Å². The van der Waals surface area contributed by atoms with E-state index in [0.29, 0.717) is 0 Å². The van der Waals surface area contributed by atoms with Crippen LogP contribution >= 0.6 is 15.9 Å². The zero-order chi connectivity index (χ0) is 19.3. The number of fused-ring (bicyclic) bond motifs is 3. The highest BCUT2D eigenvalue weighted by molar-refractivity contribution is 9.10. The monoisotopic (exact) mass is 424 g/mol. The van der Waals surface area contributed by atoms with Gasteiger partial charge in [-0.2, -0.15) is 0 Å². The number of rotatable bonds is 2. The fourth-order valence-electron chi connectivity index (χ4n) is 4.77. The highest BCUT2D eigenvalue weighted by Crippen LogP contribution is 2.58. The van der Waals surface area contributed by atoms with Crippen LogP contribution in [0.15, 0.2) is 95.5 Å². The first kappa shape index (κ1) is 17.5. The second kappa shape index (κ2) is 6.46. The highest BCUT2D eigenvalue weighted by atomic mass is 79.9. The summed E-state index contributed by atoms with van der Waals surface area (Å²) in [5.41, 5.74) is 10.3. The Bertz CT molecular complexity index is 1130. The van der Waals surface area contributed by atoms with Gasteiger partial charge in [-0.15, -0.1) is 0 Å². The van der Waals surface area contributed by atoms with Gasteiger partial charge < -0.3 is 0 Å². The predicted molar refractivity (Wildman–Crippen MR) is 121 cm³/mol. The molecule has 0 N–H and O–H groups in total. The molecule has 1 heteroatoms. The van der Waals surface area contributed by atoms with E-state index in [1.54, 1.807) is 0 Å². The summed E-state index contributed by atoms with van der Waals surface area (Å²) in [5, 5.41) is 0. The lowest BCUT2D eigenvalue weighted by Crippen LogP contribution is -2.28. The van der Waals surface area contributed by atoms with Crippen molar-refractivity contribution in [3.05, 3.63) is 129 Å². The van der Waals surface area contributed by atoms with Gasteiger partial charge in [0.05, 0.1) is 5.41 Å². The molecule has 5 rings (SSSR count). The van der Waals surface area contributed by atoms with E-state index in [2.05, 4.69) is 121 Å². The molecule has 0 nitrogen and oxygen atoms in total. The number of aryl methyl sites for hydroxylation is 1. The van der Waals surface area contributed by atoms with Crippen molar-refractivity contribution in [2.24, 2.45) is 0 Å². The van der Waals surface area contributed by atoms with Crippen molar-refractivity contribution in [1.29, 1.82) is 0 Å². The molecule has 4 aromatic carbocycles.